The number of aliphatic carboxylic acids is 1. The standard InChI is InChI=1S/C9H9N3O2/c1-6-7(4-9(13)14)5-12-8(11-6)2-3-10-12/h2-3,5H,4H2,1H3,(H,13,14). The van der Waals surface area contributed by atoms with E-state index in [1.165, 1.54) is 0 Å². The topological polar surface area (TPSA) is 67.5 Å². The Balaban J connectivity index is 2.53. The molecular weight excluding hydrogens is 182 g/mol. The Hall–Kier alpha value is -1.91. The Morgan fingerprint density at radius 2 is 2.43 bits per heavy atom. The van der Waals surface area contributed by atoms with Crippen LogP contribution in [0.3, 0.4) is 0 Å². The van der Waals surface area contributed by atoms with E-state index in [-0.39, 0.29) is 6.42 Å². The van der Waals surface area contributed by atoms with Gasteiger partial charge in [-0.15, -0.1) is 0 Å². The lowest BCUT2D eigenvalue weighted by atomic mass is 10.2. The van der Waals surface area contributed by atoms with E-state index in [0.29, 0.717) is 5.56 Å². The van der Waals surface area contributed by atoms with Gasteiger partial charge in [0.05, 0.1) is 12.6 Å². The summed E-state index contributed by atoms with van der Waals surface area (Å²) in [4.78, 5) is 14.8. The van der Waals surface area contributed by atoms with E-state index >= 15 is 0 Å². The third-order valence-electron chi connectivity index (χ3n) is 2.02. The Bertz CT molecular complexity index is 490. The minimum atomic E-state index is -0.860. The monoisotopic (exact) mass is 191 g/mol. The summed E-state index contributed by atoms with van der Waals surface area (Å²) in [5, 5.41) is 12.6. The molecule has 0 aliphatic heterocycles. The third kappa shape index (κ3) is 1.44. The van der Waals surface area contributed by atoms with Gasteiger partial charge in [0.15, 0.2) is 5.65 Å². The van der Waals surface area contributed by atoms with Crippen LogP contribution in [0, 0.1) is 6.92 Å². The van der Waals surface area contributed by atoms with E-state index in [0.717, 1.165) is 11.3 Å². The van der Waals surface area contributed by atoms with Crippen LogP contribution in [-0.2, 0) is 11.2 Å². The summed E-state index contributed by atoms with van der Waals surface area (Å²) in [5.74, 6) is -0.860. The Kier molecular flexibility index (Phi) is 1.92. The highest BCUT2D eigenvalue weighted by Gasteiger charge is 2.07. The van der Waals surface area contributed by atoms with E-state index in [9.17, 15) is 4.79 Å². The van der Waals surface area contributed by atoms with Gasteiger partial charge in [-0.2, -0.15) is 5.10 Å². The molecule has 1 N–H and O–H groups in total. The van der Waals surface area contributed by atoms with Gasteiger partial charge < -0.3 is 5.11 Å². The molecule has 0 saturated heterocycles. The second-order valence-electron chi connectivity index (χ2n) is 3.06. The molecule has 0 aliphatic rings. The number of rotatable bonds is 2. The molecular formula is C9H9N3O2. The fourth-order valence-electron chi connectivity index (χ4n) is 1.32. The molecule has 0 aliphatic carbocycles. The summed E-state index contributed by atoms with van der Waals surface area (Å²) in [6.07, 6.45) is 3.31. The van der Waals surface area contributed by atoms with Gasteiger partial charge in [0.1, 0.15) is 0 Å². The minimum absolute atomic E-state index is 0.0192. The molecule has 0 fully saturated rings. The van der Waals surface area contributed by atoms with Gasteiger partial charge in [0.25, 0.3) is 0 Å². The maximum Gasteiger partial charge on any atom is 0.307 e. The highest BCUT2D eigenvalue weighted by molar-refractivity contribution is 5.70. The minimum Gasteiger partial charge on any atom is -0.481 e. The van der Waals surface area contributed by atoms with Crippen molar-refractivity contribution in [3.63, 3.8) is 0 Å². The number of hydrogen-bond donors (Lipinski definition) is 1. The molecule has 0 atom stereocenters. The van der Waals surface area contributed by atoms with Crippen LogP contribution in [0.2, 0.25) is 0 Å². The van der Waals surface area contributed by atoms with Crippen LogP contribution in [0.1, 0.15) is 11.3 Å². The lowest BCUT2D eigenvalue weighted by Gasteiger charge is -2.02. The number of carboxylic acid groups (broad SMARTS) is 1. The summed E-state index contributed by atoms with van der Waals surface area (Å²) >= 11 is 0. The van der Waals surface area contributed by atoms with Crippen LogP contribution in [0.5, 0.6) is 0 Å². The van der Waals surface area contributed by atoms with Crippen LogP contribution in [-0.4, -0.2) is 25.7 Å². The molecule has 0 aromatic carbocycles. The molecule has 5 heteroatoms. The van der Waals surface area contributed by atoms with E-state index in [1.54, 1.807) is 29.9 Å². The van der Waals surface area contributed by atoms with Gasteiger partial charge >= 0.3 is 5.97 Å². The van der Waals surface area contributed by atoms with Crippen molar-refractivity contribution < 1.29 is 9.90 Å². The van der Waals surface area contributed by atoms with E-state index in [2.05, 4.69) is 10.1 Å². The Labute approximate surface area is 80.0 Å². The predicted molar refractivity (Wildman–Crippen MR) is 49.1 cm³/mol. The van der Waals surface area contributed by atoms with Crippen molar-refractivity contribution in [1.82, 2.24) is 14.6 Å². The first-order valence-corrected chi connectivity index (χ1v) is 4.18. The summed E-state index contributed by atoms with van der Waals surface area (Å²) in [6.45, 7) is 1.80. The third-order valence-corrected chi connectivity index (χ3v) is 2.02. The summed E-state index contributed by atoms with van der Waals surface area (Å²) in [6, 6.07) is 1.78. The summed E-state index contributed by atoms with van der Waals surface area (Å²) in [5.41, 5.74) is 2.16. The zero-order valence-corrected chi connectivity index (χ0v) is 7.64. The van der Waals surface area contributed by atoms with Gasteiger partial charge in [-0.25, -0.2) is 9.50 Å². The van der Waals surface area contributed by atoms with Crippen molar-refractivity contribution in [3.8, 4) is 0 Å². The zero-order chi connectivity index (χ0) is 10.1. The molecule has 14 heavy (non-hydrogen) atoms. The van der Waals surface area contributed by atoms with E-state index < -0.39 is 5.97 Å². The second-order valence-corrected chi connectivity index (χ2v) is 3.06. The number of aryl methyl sites for hydroxylation is 1. The van der Waals surface area contributed by atoms with Crippen molar-refractivity contribution in [2.24, 2.45) is 0 Å². The van der Waals surface area contributed by atoms with E-state index in [4.69, 9.17) is 5.11 Å². The van der Waals surface area contributed by atoms with Crippen LogP contribution in [0.15, 0.2) is 18.5 Å². The fraction of sp³-hybridized carbons (Fsp3) is 0.222. The van der Waals surface area contributed by atoms with Crippen LogP contribution in [0.4, 0.5) is 0 Å². The summed E-state index contributed by atoms with van der Waals surface area (Å²) in [7, 11) is 0. The Morgan fingerprint density at radius 1 is 1.64 bits per heavy atom. The average molecular weight is 191 g/mol. The smallest absolute Gasteiger partial charge is 0.307 e. The van der Waals surface area contributed by atoms with Gasteiger partial charge in [0.2, 0.25) is 0 Å². The molecule has 2 heterocycles. The maximum atomic E-state index is 10.5. The highest BCUT2D eigenvalue weighted by Crippen LogP contribution is 2.08. The average Bonchev–Trinajstić information content (AvgIpc) is 2.51. The SMILES string of the molecule is Cc1nc2ccnn2cc1CC(=O)O. The summed E-state index contributed by atoms with van der Waals surface area (Å²) < 4.78 is 1.57. The quantitative estimate of drug-likeness (QED) is 0.757. The molecule has 5 nitrogen and oxygen atoms in total. The number of hydrogen-bond acceptors (Lipinski definition) is 3. The van der Waals surface area contributed by atoms with Crippen LogP contribution < -0.4 is 0 Å². The van der Waals surface area contributed by atoms with Gasteiger partial charge in [-0.05, 0) is 6.92 Å². The molecule has 0 amide bonds. The molecule has 2 aromatic heterocycles. The number of aromatic nitrogens is 3. The normalized spacial score (nSPS) is 10.6. The fourth-order valence-corrected chi connectivity index (χ4v) is 1.32. The highest BCUT2D eigenvalue weighted by atomic mass is 16.4. The number of carboxylic acids is 1. The van der Waals surface area contributed by atoms with Crippen molar-refractivity contribution in [1.29, 1.82) is 0 Å². The van der Waals surface area contributed by atoms with Crippen molar-refractivity contribution in [2.45, 2.75) is 13.3 Å². The van der Waals surface area contributed by atoms with Gasteiger partial charge in [-0.3, -0.25) is 4.79 Å². The number of fused-ring (bicyclic) bond motifs is 1. The van der Waals surface area contributed by atoms with Crippen molar-refractivity contribution in [3.05, 3.63) is 29.7 Å². The Morgan fingerprint density at radius 3 is 3.14 bits per heavy atom. The lowest BCUT2D eigenvalue weighted by molar-refractivity contribution is -0.136. The molecule has 72 valence electrons. The lowest BCUT2D eigenvalue weighted by Crippen LogP contribution is -2.05. The second kappa shape index (κ2) is 3.10. The molecule has 0 bridgehead atoms. The van der Waals surface area contributed by atoms with Crippen LogP contribution in [0.25, 0.3) is 5.65 Å². The number of carbonyl (C=O) groups is 1. The maximum absolute atomic E-state index is 10.5. The zero-order valence-electron chi connectivity index (χ0n) is 7.64. The molecule has 2 aromatic rings. The predicted octanol–water partition coefficient (Wildman–Crippen LogP) is 0.665. The van der Waals surface area contributed by atoms with Crippen molar-refractivity contribution in [2.75, 3.05) is 0 Å². The first-order valence-electron chi connectivity index (χ1n) is 4.18. The largest absolute Gasteiger partial charge is 0.481 e. The molecule has 0 unspecified atom stereocenters. The first-order chi connectivity index (χ1) is 6.66. The van der Waals surface area contributed by atoms with Gasteiger partial charge in [0, 0.05) is 23.5 Å². The number of nitrogens with zero attached hydrogens (tertiary/aromatic N) is 3. The first kappa shape index (κ1) is 8.68. The molecule has 0 saturated carbocycles. The molecule has 2 rings (SSSR count). The molecule has 0 spiro atoms. The van der Waals surface area contributed by atoms with E-state index in [1.807, 2.05) is 0 Å². The van der Waals surface area contributed by atoms with Gasteiger partial charge in [-0.1, -0.05) is 0 Å². The van der Waals surface area contributed by atoms with Crippen LogP contribution >= 0.6 is 0 Å². The molecule has 0 radical (unpaired) electrons. The van der Waals surface area contributed by atoms with Crippen molar-refractivity contribution >= 4 is 11.6 Å².